The van der Waals surface area contributed by atoms with E-state index in [0.29, 0.717) is 28.4 Å². The molecule has 0 saturated heterocycles. The molecule has 11 heteroatoms. The summed E-state index contributed by atoms with van der Waals surface area (Å²) in [4.78, 5) is 24.8. The summed E-state index contributed by atoms with van der Waals surface area (Å²) in [6.45, 7) is 0.109. The summed E-state index contributed by atoms with van der Waals surface area (Å²) >= 11 is 6.18. The Balaban J connectivity index is 1.51. The van der Waals surface area contributed by atoms with Crippen LogP contribution in [0.25, 0.3) is 11.0 Å². The number of aromatic nitrogens is 7. The van der Waals surface area contributed by atoms with Crippen molar-refractivity contribution in [3.63, 3.8) is 0 Å². The fourth-order valence-corrected chi connectivity index (χ4v) is 2.95. The van der Waals surface area contributed by atoms with E-state index in [9.17, 15) is 9.59 Å². The van der Waals surface area contributed by atoms with Crippen LogP contribution in [0, 0.1) is 0 Å². The van der Waals surface area contributed by atoms with E-state index < -0.39 is 11.5 Å². The molecule has 3 heterocycles. The fourth-order valence-electron chi connectivity index (χ4n) is 2.75. The van der Waals surface area contributed by atoms with E-state index in [4.69, 9.17) is 11.6 Å². The zero-order valence-electron chi connectivity index (χ0n) is 14.8. The van der Waals surface area contributed by atoms with E-state index in [0.717, 1.165) is 10.2 Å². The average molecular weight is 399 g/mol. The Bertz CT molecular complexity index is 1230. The molecule has 3 aromatic heterocycles. The molecule has 4 rings (SSSR count). The maximum atomic E-state index is 12.4. The average Bonchev–Trinajstić information content (AvgIpc) is 3.26. The molecule has 0 unspecified atom stereocenters. The number of halogens is 1. The largest absolute Gasteiger partial charge is 0.309 e. The van der Waals surface area contributed by atoms with E-state index in [1.807, 2.05) is 18.2 Å². The number of nitrogens with one attached hydrogen (secondary N) is 1. The molecule has 0 radical (unpaired) electrons. The maximum Gasteiger partial charge on any atom is 0.281 e. The van der Waals surface area contributed by atoms with Gasteiger partial charge in [-0.3, -0.25) is 9.59 Å². The molecule has 0 atom stereocenters. The minimum absolute atomic E-state index is 0.284. The first-order chi connectivity index (χ1) is 13.5. The lowest BCUT2D eigenvalue weighted by Crippen LogP contribution is -2.31. The number of nitrogens with zero attached hydrogens (tertiary/aromatic N) is 7. The van der Waals surface area contributed by atoms with Crippen LogP contribution < -0.4 is 10.9 Å². The third-order valence-corrected chi connectivity index (χ3v) is 4.54. The monoisotopic (exact) mass is 398 g/mol. The van der Waals surface area contributed by atoms with Crippen molar-refractivity contribution in [3.05, 3.63) is 63.7 Å². The molecular formula is C17H15ClN8O2. The molecule has 28 heavy (non-hydrogen) atoms. The zero-order valence-corrected chi connectivity index (χ0v) is 15.5. The molecule has 1 amide bonds. The lowest BCUT2D eigenvalue weighted by Gasteiger charge is -2.10. The van der Waals surface area contributed by atoms with Crippen LogP contribution in [0.4, 0.5) is 5.82 Å². The second kappa shape index (κ2) is 7.24. The van der Waals surface area contributed by atoms with Gasteiger partial charge in [0.2, 0.25) is 5.91 Å². The molecule has 0 aliphatic carbocycles. The van der Waals surface area contributed by atoms with Crippen LogP contribution in [0.2, 0.25) is 5.02 Å². The Morgan fingerprint density at radius 1 is 1.18 bits per heavy atom. The van der Waals surface area contributed by atoms with Gasteiger partial charge in [0.25, 0.3) is 5.56 Å². The van der Waals surface area contributed by atoms with Crippen molar-refractivity contribution >= 4 is 34.4 Å². The quantitative estimate of drug-likeness (QED) is 0.538. The van der Waals surface area contributed by atoms with Crippen LogP contribution in [0.3, 0.4) is 0 Å². The topological polar surface area (TPSA) is 113 Å². The van der Waals surface area contributed by atoms with Crippen LogP contribution in [-0.2, 0) is 24.9 Å². The van der Waals surface area contributed by atoms with Crippen molar-refractivity contribution in [3.8, 4) is 0 Å². The van der Waals surface area contributed by atoms with Crippen LogP contribution in [0.1, 0.15) is 5.56 Å². The number of carbonyl (C=O) groups excluding carboxylic acids is 1. The Kier molecular flexibility index (Phi) is 4.62. The highest BCUT2D eigenvalue weighted by Gasteiger charge is 2.14. The summed E-state index contributed by atoms with van der Waals surface area (Å²) in [7, 11) is 1.66. The van der Waals surface area contributed by atoms with Gasteiger partial charge in [0.1, 0.15) is 17.7 Å². The Hall–Kier alpha value is -3.53. The first-order valence-electron chi connectivity index (χ1n) is 8.33. The van der Waals surface area contributed by atoms with E-state index in [1.54, 1.807) is 30.1 Å². The van der Waals surface area contributed by atoms with Gasteiger partial charge >= 0.3 is 0 Å². The fraction of sp³-hybridized carbons (Fsp3) is 0.176. The summed E-state index contributed by atoms with van der Waals surface area (Å²) in [6.07, 6.45) is 2.97. The molecule has 1 N–H and O–H groups in total. The highest BCUT2D eigenvalue weighted by atomic mass is 35.5. The minimum Gasteiger partial charge on any atom is -0.309 e. The van der Waals surface area contributed by atoms with Gasteiger partial charge in [-0.2, -0.15) is 10.2 Å². The predicted octanol–water partition coefficient (Wildman–Crippen LogP) is 1.06. The second-order valence-corrected chi connectivity index (χ2v) is 6.48. The lowest BCUT2D eigenvalue weighted by atomic mass is 10.2. The highest BCUT2D eigenvalue weighted by molar-refractivity contribution is 6.31. The first kappa shape index (κ1) is 17.9. The van der Waals surface area contributed by atoms with E-state index >= 15 is 0 Å². The summed E-state index contributed by atoms with van der Waals surface area (Å²) in [5.41, 5.74) is 0.796. The standard InChI is InChI=1S/C17H15ClN8O2/c1-24-16-12(8-20-24)17(28)26(23-22-16)10-15(27)21-14-6-7-19-25(14)9-11-4-2-3-5-13(11)18/h2-8H,9-10H2,1H3,(H,21,27). The smallest absolute Gasteiger partial charge is 0.281 e. The molecule has 0 aliphatic rings. The third kappa shape index (κ3) is 3.37. The number of aryl methyl sites for hydroxylation is 1. The van der Waals surface area contributed by atoms with Gasteiger partial charge in [-0.05, 0) is 11.6 Å². The van der Waals surface area contributed by atoms with Crippen molar-refractivity contribution < 1.29 is 4.79 Å². The molecule has 0 saturated carbocycles. The minimum atomic E-state index is -0.433. The number of benzene rings is 1. The molecule has 0 bridgehead atoms. The molecule has 0 aliphatic heterocycles. The number of anilines is 1. The van der Waals surface area contributed by atoms with Gasteiger partial charge in [0, 0.05) is 18.1 Å². The number of fused-ring (bicyclic) bond motifs is 1. The van der Waals surface area contributed by atoms with Gasteiger partial charge in [-0.25, -0.2) is 14.0 Å². The van der Waals surface area contributed by atoms with Crippen LogP contribution in [0.15, 0.2) is 47.5 Å². The lowest BCUT2D eigenvalue weighted by molar-refractivity contribution is -0.117. The third-order valence-electron chi connectivity index (χ3n) is 4.18. The Labute approximate surface area is 163 Å². The van der Waals surface area contributed by atoms with Crippen LogP contribution in [-0.4, -0.2) is 40.5 Å². The van der Waals surface area contributed by atoms with E-state index in [1.165, 1.54) is 10.9 Å². The molecule has 1 aromatic carbocycles. The maximum absolute atomic E-state index is 12.4. The van der Waals surface area contributed by atoms with E-state index in [-0.39, 0.29) is 6.54 Å². The summed E-state index contributed by atoms with van der Waals surface area (Å²) in [6, 6.07) is 9.05. The SMILES string of the molecule is Cn1ncc2c(=O)n(CC(=O)Nc3ccnn3Cc3ccccc3Cl)nnc21. The van der Waals surface area contributed by atoms with Gasteiger partial charge in [-0.1, -0.05) is 35.0 Å². The molecule has 10 nitrogen and oxygen atoms in total. The van der Waals surface area contributed by atoms with Crippen molar-refractivity contribution in [2.75, 3.05) is 5.32 Å². The van der Waals surface area contributed by atoms with Gasteiger partial charge < -0.3 is 5.32 Å². The number of amides is 1. The van der Waals surface area contributed by atoms with Crippen molar-refractivity contribution in [1.82, 2.24) is 34.6 Å². The number of rotatable bonds is 5. The van der Waals surface area contributed by atoms with Crippen LogP contribution >= 0.6 is 11.6 Å². The summed E-state index contributed by atoms with van der Waals surface area (Å²) in [5.74, 6) is 0.0499. The highest BCUT2D eigenvalue weighted by Crippen LogP contribution is 2.18. The zero-order chi connectivity index (χ0) is 19.7. The van der Waals surface area contributed by atoms with Gasteiger partial charge in [0.15, 0.2) is 5.65 Å². The predicted molar refractivity (Wildman–Crippen MR) is 102 cm³/mol. The number of hydrogen-bond acceptors (Lipinski definition) is 6. The molecular weight excluding hydrogens is 384 g/mol. The number of carbonyl (C=O) groups is 1. The van der Waals surface area contributed by atoms with Crippen molar-refractivity contribution in [1.29, 1.82) is 0 Å². The van der Waals surface area contributed by atoms with Gasteiger partial charge in [-0.15, -0.1) is 5.10 Å². The molecule has 0 spiro atoms. The van der Waals surface area contributed by atoms with Crippen LogP contribution in [0.5, 0.6) is 0 Å². The summed E-state index contributed by atoms with van der Waals surface area (Å²) < 4.78 is 4.05. The van der Waals surface area contributed by atoms with E-state index in [2.05, 4.69) is 25.8 Å². The normalized spacial score (nSPS) is 11.1. The Morgan fingerprint density at radius 2 is 2.00 bits per heavy atom. The number of hydrogen-bond donors (Lipinski definition) is 1. The van der Waals surface area contributed by atoms with Gasteiger partial charge in [0.05, 0.1) is 18.9 Å². The Morgan fingerprint density at radius 3 is 2.82 bits per heavy atom. The van der Waals surface area contributed by atoms with Crippen molar-refractivity contribution in [2.24, 2.45) is 7.05 Å². The first-order valence-corrected chi connectivity index (χ1v) is 8.71. The molecule has 4 aromatic rings. The second-order valence-electron chi connectivity index (χ2n) is 6.07. The molecule has 0 fully saturated rings. The summed E-state index contributed by atoms with van der Waals surface area (Å²) in [5, 5.41) is 19.6. The van der Waals surface area contributed by atoms with Crippen molar-refractivity contribution in [2.45, 2.75) is 13.1 Å². The molecule has 142 valence electrons.